The number of hydrogen-bond donors (Lipinski definition) is 2. The molecule has 2 heterocycles. The number of carbonyl (C=O) groups excluding carboxylic acids is 2. The average Bonchev–Trinajstić information content (AvgIpc) is 3.26. The van der Waals surface area contributed by atoms with Crippen molar-refractivity contribution >= 4 is 27.5 Å². The third-order valence-corrected chi connectivity index (χ3v) is 9.35. The molecule has 0 saturated heterocycles. The van der Waals surface area contributed by atoms with Crippen molar-refractivity contribution in [2.24, 2.45) is 5.92 Å². The lowest BCUT2D eigenvalue weighted by atomic mass is 10.0. The summed E-state index contributed by atoms with van der Waals surface area (Å²) in [5, 5.41) is 16.5. The van der Waals surface area contributed by atoms with E-state index in [1.807, 2.05) is 25.9 Å². The summed E-state index contributed by atoms with van der Waals surface area (Å²) in [5.74, 6) is 0.0121. The van der Waals surface area contributed by atoms with Crippen LogP contribution in [0.5, 0.6) is 5.75 Å². The van der Waals surface area contributed by atoms with E-state index in [0.717, 1.165) is 6.54 Å². The number of aliphatic hydroxyl groups excluding tert-OH is 1. The number of benzene rings is 1. The van der Waals surface area contributed by atoms with Crippen LogP contribution in [0.2, 0.25) is 0 Å². The van der Waals surface area contributed by atoms with Crippen molar-refractivity contribution in [2.75, 3.05) is 52.7 Å². The van der Waals surface area contributed by atoms with Crippen molar-refractivity contribution in [3.8, 4) is 5.75 Å². The molecule has 41 heavy (non-hydrogen) atoms. The van der Waals surface area contributed by atoms with Crippen molar-refractivity contribution in [2.45, 2.75) is 64.0 Å². The number of likely N-dealkylation sites (N-methyl/N-ethyl adjacent to an activating group) is 1. The lowest BCUT2D eigenvalue weighted by Gasteiger charge is -2.33. The molecule has 1 aromatic heterocycles. The Hall–Kier alpha value is -3.00. The Bertz CT molecular complexity index is 1310. The van der Waals surface area contributed by atoms with Crippen LogP contribution in [0.25, 0.3) is 0 Å². The first-order chi connectivity index (χ1) is 19.2. The summed E-state index contributed by atoms with van der Waals surface area (Å²) in [5.41, 5.74) is 1.37. The van der Waals surface area contributed by atoms with Gasteiger partial charge in [-0.15, -0.1) is 0 Å². The van der Waals surface area contributed by atoms with E-state index in [-0.39, 0.29) is 60.2 Å². The molecule has 12 nitrogen and oxygen atoms in total. The van der Waals surface area contributed by atoms with Gasteiger partial charge in [0, 0.05) is 37.2 Å². The van der Waals surface area contributed by atoms with Crippen molar-refractivity contribution in [3.63, 3.8) is 0 Å². The third-order valence-electron chi connectivity index (χ3n) is 7.28. The number of anilines is 1. The van der Waals surface area contributed by atoms with Crippen molar-refractivity contribution < 1.29 is 32.4 Å². The maximum Gasteiger partial charge on any atom is 0.248 e. The number of ether oxygens (including phenoxy) is 1. The first-order valence-corrected chi connectivity index (χ1v) is 15.2. The van der Waals surface area contributed by atoms with Gasteiger partial charge in [0.2, 0.25) is 21.8 Å². The number of aromatic nitrogens is 1. The Labute approximate surface area is 242 Å². The minimum absolute atomic E-state index is 0.00330. The quantitative estimate of drug-likeness (QED) is 0.400. The van der Waals surface area contributed by atoms with Crippen LogP contribution >= 0.6 is 0 Å². The van der Waals surface area contributed by atoms with Crippen LogP contribution < -0.4 is 10.1 Å². The number of amides is 2. The number of fused-ring (bicyclic) bond motifs is 1. The van der Waals surface area contributed by atoms with Gasteiger partial charge in [-0.25, -0.2) is 8.42 Å². The van der Waals surface area contributed by atoms with E-state index in [1.54, 1.807) is 43.9 Å². The summed E-state index contributed by atoms with van der Waals surface area (Å²) < 4.78 is 39.6. The van der Waals surface area contributed by atoms with Crippen LogP contribution in [0.15, 0.2) is 27.6 Å². The normalized spacial score (nSPS) is 18.9. The molecular weight excluding hydrogens is 550 g/mol. The molecule has 0 unspecified atom stereocenters. The molecular formula is C28H43N5O7S. The number of aryl methyl sites for hydroxylation is 2. The van der Waals surface area contributed by atoms with E-state index >= 15 is 0 Å². The largest absolute Gasteiger partial charge is 0.488 e. The molecule has 2 amide bonds. The Morgan fingerprint density at radius 3 is 2.59 bits per heavy atom. The highest BCUT2D eigenvalue weighted by Crippen LogP contribution is 2.30. The molecule has 0 fully saturated rings. The lowest BCUT2D eigenvalue weighted by molar-refractivity contribution is -0.134. The fourth-order valence-corrected chi connectivity index (χ4v) is 6.32. The Balaban J connectivity index is 1.92. The SMILES string of the molecule is Cc1noc(C)c1S(=O)(=O)N(C)C[C@H]1Oc2ccc(NC(=O)CCCN(C)C)cc2CC(=O)N([C@H](C)CO)C[C@@H]1C. The van der Waals surface area contributed by atoms with Gasteiger partial charge >= 0.3 is 0 Å². The molecule has 1 aromatic carbocycles. The Kier molecular flexibility index (Phi) is 10.9. The summed E-state index contributed by atoms with van der Waals surface area (Å²) in [6.45, 7) is 7.59. The van der Waals surface area contributed by atoms with E-state index in [4.69, 9.17) is 9.26 Å². The zero-order valence-electron chi connectivity index (χ0n) is 25.0. The van der Waals surface area contributed by atoms with Gasteiger partial charge in [-0.2, -0.15) is 4.31 Å². The highest BCUT2D eigenvalue weighted by molar-refractivity contribution is 7.89. The molecule has 0 radical (unpaired) electrons. The van der Waals surface area contributed by atoms with Gasteiger partial charge in [0.15, 0.2) is 5.76 Å². The second kappa shape index (κ2) is 13.8. The molecule has 3 atom stereocenters. The number of hydrogen-bond acceptors (Lipinski definition) is 9. The second-order valence-electron chi connectivity index (χ2n) is 11.1. The summed E-state index contributed by atoms with van der Waals surface area (Å²) in [7, 11) is 1.43. The lowest BCUT2D eigenvalue weighted by Crippen LogP contribution is -2.48. The maximum atomic E-state index is 13.4. The predicted molar refractivity (Wildman–Crippen MR) is 154 cm³/mol. The van der Waals surface area contributed by atoms with Gasteiger partial charge in [-0.05, 0) is 66.0 Å². The molecule has 0 spiro atoms. The van der Waals surface area contributed by atoms with Gasteiger partial charge in [0.1, 0.15) is 22.4 Å². The molecule has 3 rings (SSSR count). The fourth-order valence-electron chi connectivity index (χ4n) is 4.85. The van der Waals surface area contributed by atoms with E-state index in [0.29, 0.717) is 29.8 Å². The van der Waals surface area contributed by atoms with Crippen LogP contribution in [0.3, 0.4) is 0 Å². The number of aliphatic hydroxyl groups is 1. The number of nitrogens with one attached hydrogen (secondary N) is 1. The smallest absolute Gasteiger partial charge is 0.248 e. The highest BCUT2D eigenvalue weighted by atomic mass is 32.2. The van der Waals surface area contributed by atoms with Crippen molar-refractivity contribution in [1.82, 2.24) is 19.3 Å². The predicted octanol–water partition coefficient (Wildman–Crippen LogP) is 2.04. The molecule has 1 aliphatic heterocycles. The molecule has 2 N–H and O–H groups in total. The van der Waals surface area contributed by atoms with Gasteiger partial charge < -0.3 is 29.5 Å². The summed E-state index contributed by atoms with van der Waals surface area (Å²) in [6, 6.07) is 4.68. The van der Waals surface area contributed by atoms with Crippen molar-refractivity contribution in [3.05, 3.63) is 35.2 Å². The summed E-state index contributed by atoms with van der Waals surface area (Å²) >= 11 is 0. The summed E-state index contributed by atoms with van der Waals surface area (Å²) in [6.07, 6.45) is 0.428. The molecule has 1 aliphatic rings. The maximum absolute atomic E-state index is 13.4. The van der Waals surface area contributed by atoms with Crippen LogP contribution in [-0.2, 0) is 26.0 Å². The van der Waals surface area contributed by atoms with Crippen LogP contribution in [-0.4, -0.2) is 104 Å². The van der Waals surface area contributed by atoms with Crippen molar-refractivity contribution in [1.29, 1.82) is 0 Å². The fraction of sp³-hybridized carbons (Fsp3) is 0.607. The average molecular weight is 594 g/mol. The zero-order valence-corrected chi connectivity index (χ0v) is 25.8. The first kappa shape index (κ1) is 32.5. The molecule has 0 saturated carbocycles. The zero-order chi connectivity index (χ0) is 30.5. The molecule has 2 aromatic rings. The Morgan fingerprint density at radius 1 is 1.27 bits per heavy atom. The van der Waals surface area contributed by atoms with E-state index in [9.17, 15) is 23.1 Å². The van der Waals surface area contributed by atoms with E-state index in [2.05, 4.69) is 10.5 Å². The molecule has 228 valence electrons. The monoisotopic (exact) mass is 593 g/mol. The van der Waals surface area contributed by atoms with Gasteiger partial charge in [0.25, 0.3) is 0 Å². The number of nitrogens with zero attached hydrogens (tertiary/aromatic N) is 4. The van der Waals surface area contributed by atoms with Gasteiger partial charge in [0.05, 0.1) is 25.6 Å². The number of sulfonamides is 1. The molecule has 13 heteroatoms. The third kappa shape index (κ3) is 8.06. The second-order valence-corrected chi connectivity index (χ2v) is 13.1. The minimum Gasteiger partial charge on any atom is -0.488 e. The highest BCUT2D eigenvalue weighted by Gasteiger charge is 2.35. The van der Waals surface area contributed by atoms with E-state index in [1.165, 1.54) is 11.4 Å². The minimum atomic E-state index is -3.94. The molecule has 0 bridgehead atoms. The first-order valence-electron chi connectivity index (χ1n) is 13.8. The Morgan fingerprint density at radius 2 is 1.98 bits per heavy atom. The van der Waals surface area contributed by atoms with Crippen LogP contribution in [0, 0.1) is 19.8 Å². The topological polar surface area (TPSA) is 146 Å². The molecule has 0 aliphatic carbocycles. The van der Waals surface area contributed by atoms with Gasteiger partial charge in [-0.1, -0.05) is 12.1 Å². The van der Waals surface area contributed by atoms with E-state index < -0.39 is 22.2 Å². The van der Waals surface area contributed by atoms with Gasteiger partial charge in [-0.3, -0.25) is 9.59 Å². The van der Waals surface area contributed by atoms with Crippen LogP contribution in [0.4, 0.5) is 5.69 Å². The van der Waals surface area contributed by atoms with Crippen LogP contribution in [0.1, 0.15) is 43.7 Å². The number of rotatable bonds is 11. The summed E-state index contributed by atoms with van der Waals surface area (Å²) in [4.78, 5) is 29.6. The standard InChI is InChI=1S/C28H43N5O7S/c1-18-15-33(19(2)17-34)27(36)14-22-13-23(29-26(35)9-8-12-31(5)6)10-11-24(22)39-25(18)16-32(7)41(37,38)28-20(3)30-40-21(28)4/h10-11,13,18-19,25,34H,8-9,12,14-17H2,1-7H3,(H,29,35)/t18-,19+,25+/m0/s1. The number of carbonyl (C=O) groups is 2.